The van der Waals surface area contributed by atoms with Crippen LogP contribution in [0.5, 0.6) is 0 Å². The molecule has 0 bridgehead atoms. The van der Waals surface area contributed by atoms with Crippen molar-refractivity contribution in [3.05, 3.63) is 23.9 Å². The van der Waals surface area contributed by atoms with Crippen LogP contribution in [0.4, 0.5) is 5.82 Å². The molecule has 2 rings (SSSR count). The van der Waals surface area contributed by atoms with Gasteiger partial charge in [-0.05, 0) is 32.4 Å². The first-order chi connectivity index (χ1) is 8.53. The van der Waals surface area contributed by atoms with Crippen LogP contribution in [0.1, 0.15) is 30.6 Å². The first-order valence-corrected chi connectivity index (χ1v) is 6.24. The Morgan fingerprint density at radius 3 is 3.06 bits per heavy atom. The van der Waals surface area contributed by atoms with E-state index in [1.165, 1.54) is 0 Å². The molecule has 5 heteroatoms. The molecule has 1 aromatic heterocycles. The number of aliphatic hydroxyl groups is 1. The lowest BCUT2D eigenvalue weighted by atomic mass is 10.1. The number of carbonyl (C=O) groups is 1. The number of carbonyl (C=O) groups excluding carboxylic acids is 1. The molecule has 1 unspecified atom stereocenters. The van der Waals surface area contributed by atoms with Crippen molar-refractivity contribution in [2.45, 2.75) is 25.9 Å². The Morgan fingerprint density at radius 1 is 1.67 bits per heavy atom. The lowest BCUT2D eigenvalue weighted by molar-refractivity contribution is 0.0572. The number of β-amino-alcohol motifs (C(OH)–C–C–N with tert-alkyl or cyclic N) is 1. The molecule has 1 aromatic rings. The van der Waals surface area contributed by atoms with Crippen molar-refractivity contribution in [2.75, 3.05) is 25.0 Å². The average molecular weight is 249 g/mol. The number of likely N-dealkylation sites (tertiary alicyclic amines) is 1. The van der Waals surface area contributed by atoms with E-state index in [9.17, 15) is 9.90 Å². The van der Waals surface area contributed by atoms with Crippen molar-refractivity contribution in [3.63, 3.8) is 0 Å². The summed E-state index contributed by atoms with van der Waals surface area (Å²) in [6, 6.07) is 3.52. The van der Waals surface area contributed by atoms with Crippen molar-refractivity contribution in [3.8, 4) is 0 Å². The Bertz CT molecular complexity index is 446. The second-order valence-corrected chi connectivity index (χ2v) is 4.90. The summed E-state index contributed by atoms with van der Waals surface area (Å²) < 4.78 is 0. The van der Waals surface area contributed by atoms with E-state index in [1.807, 2.05) is 6.92 Å². The van der Waals surface area contributed by atoms with E-state index in [0.29, 0.717) is 30.9 Å². The van der Waals surface area contributed by atoms with Crippen LogP contribution in [0.15, 0.2) is 18.3 Å². The van der Waals surface area contributed by atoms with Crippen LogP contribution in [-0.2, 0) is 0 Å². The van der Waals surface area contributed by atoms with Crippen molar-refractivity contribution >= 4 is 11.7 Å². The van der Waals surface area contributed by atoms with Crippen LogP contribution in [0.3, 0.4) is 0 Å². The third kappa shape index (κ3) is 2.61. The van der Waals surface area contributed by atoms with Crippen LogP contribution in [-0.4, -0.2) is 46.1 Å². The zero-order chi connectivity index (χ0) is 13.2. The van der Waals surface area contributed by atoms with Crippen molar-refractivity contribution in [1.82, 2.24) is 9.88 Å². The van der Waals surface area contributed by atoms with Crippen molar-refractivity contribution in [1.29, 1.82) is 0 Å². The standard InChI is InChI=1S/C13H19N3O2/c1-3-14-11-10(5-4-7-15-11)12(17)16-8-6-13(2,18)9-16/h4-5,7,18H,3,6,8-9H2,1-2H3,(H,14,15). The third-order valence-corrected chi connectivity index (χ3v) is 3.12. The normalized spacial score (nSPS) is 23.2. The highest BCUT2D eigenvalue weighted by Crippen LogP contribution is 2.23. The van der Waals surface area contributed by atoms with Gasteiger partial charge >= 0.3 is 0 Å². The number of hydrogen-bond acceptors (Lipinski definition) is 4. The molecule has 1 fully saturated rings. The molecule has 0 aromatic carbocycles. The highest BCUT2D eigenvalue weighted by Gasteiger charge is 2.34. The predicted molar refractivity (Wildman–Crippen MR) is 69.5 cm³/mol. The van der Waals surface area contributed by atoms with Crippen molar-refractivity contribution in [2.24, 2.45) is 0 Å². The van der Waals surface area contributed by atoms with E-state index in [0.717, 1.165) is 6.54 Å². The second-order valence-electron chi connectivity index (χ2n) is 4.90. The minimum absolute atomic E-state index is 0.0724. The van der Waals surface area contributed by atoms with Gasteiger partial charge < -0.3 is 15.3 Å². The Hall–Kier alpha value is -1.62. The third-order valence-electron chi connectivity index (χ3n) is 3.12. The molecule has 1 amide bonds. The highest BCUT2D eigenvalue weighted by molar-refractivity contribution is 5.98. The van der Waals surface area contributed by atoms with Gasteiger partial charge in [0.25, 0.3) is 5.91 Å². The molecule has 1 atom stereocenters. The fourth-order valence-electron chi connectivity index (χ4n) is 2.17. The van der Waals surface area contributed by atoms with Gasteiger partial charge in [0.1, 0.15) is 5.82 Å². The summed E-state index contributed by atoms with van der Waals surface area (Å²) in [7, 11) is 0. The summed E-state index contributed by atoms with van der Waals surface area (Å²) in [6.45, 7) is 5.41. The summed E-state index contributed by atoms with van der Waals surface area (Å²) in [6.07, 6.45) is 2.28. The molecule has 0 radical (unpaired) electrons. The van der Waals surface area contributed by atoms with E-state index in [1.54, 1.807) is 30.2 Å². The Morgan fingerprint density at radius 2 is 2.44 bits per heavy atom. The molecule has 1 aliphatic rings. The smallest absolute Gasteiger partial charge is 0.257 e. The van der Waals surface area contributed by atoms with Crippen LogP contribution >= 0.6 is 0 Å². The molecule has 2 N–H and O–H groups in total. The number of pyridine rings is 1. The van der Waals surface area contributed by atoms with Gasteiger partial charge in [-0.25, -0.2) is 4.98 Å². The summed E-state index contributed by atoms with van der Waals surface area (Å²) in [5.74, 6) is 0.536. The number of nitrogens with one attached hydrogen (secondary N) is 1. The van der Waals surface area contributed by atoms with Gasteiger partial charge in [0.05, 0.1) is 11.2 Å². The maximum atomic E-state index is 12.4. The molecular formula is C13H19N3O2. The van der Waals surface area contributed by atoms with Gasteiger partial charge in [-0.3, -0.25) is 4.79 Å². The molecule has 1 aliphatic heterocycles. The topological polar surface area (TPSA) is 65.5 Å². The number of rotatable bonds is 3. The second kappa shape index (κ2) is 4.94. The quantitative estimate of drug-likeness (QED) is 0.842. The van der Waals surface area contributed by atoms with E-state index in [-0.39, 0.29) is 5.91 Å². The van der Waals surface area contributed by atoms with Gasteiger partial charge in [0.15, 0.2) is 0 Å². The Labute approximate surface area is 107 Å². The molecule has 1 saturated heterocycles. The largest absolute Gasteiger partial charge is 0.388 e. The van der Waals surface area contributed by atoms with Crippen LogP contribution in [0.2, 0.25) is 0 Å². The number of amides is 1. The molecule has 0 saturated carbocycles. The highest BCUT2D eigenvalue weighted by atomic mass is 16.3. The fourth-order valence-corrected chi connectivity index (χ4v) is 2.17. The fraction of sp³-hybridized carbons (Fsp3) is 0.538. The summed E-state index contributed by atoms with van der Waals surface area (Å²) in [4.78, 5) is 18.2. The minimum atomic E-state index is -0.768. The first-order valence-electron chi connectivity index (χ1n) is 6.24. The number of anilines is 1. The van der Waals surface area contributed by atoms with E-state index >= 15 is 0 Å². The minimum Gasteiger partial charge on any atom is -0.388 e. The van der Waals surface area contributed by atoms with E-state index in [2.05, 4.69) is 10.3 Å². The average Bonchev–Trinajstić information content (AvgIpc) is 2.70. The van der Waals surface area contributed by atoms with Gasteiger partial charge in [-0.2, -0.15) is 0 Å². The maximum absolute atomic E-state index is 12.4. The molecule has 98 valence electrons. The van der Waals surface area contributed by atoms with Gasteiger partial charge in [-0.15, -0.1) is 0 Å². The lowest BCUT2D eigenvalue weighted by Crippen LogP contribution is -2.34. The van der Waals surface area contributed by atoms with E-state index in [4.69, 9.17) is 0 Å². The number of hydrogen-bond donors (Lipinski definition) is 2. The predicted octanol–water partition coefficient (Wildman–Crippen LogP) is 1.11. The van der Waals surface area contributed by atoms with Gasteiger partial charge in [-0.1, -0.05) is 0 Å². The molecule has 2 heterocycles. The van der Waals surface area contributed by atoms with Gasteiger partial charge in [0.2, 0.25) is 0 Å². The maximum Gasteiger partial charge on any atom is 0.257 e. The Kier molecular flexibility index (Phi) is 3.52. The SMILES string of the molecule is CCNc1ncccc1C(=O)N1CCC(C)(O)C1. The summed E-state index contributed by atoms with van der Waals surface area (Å²) in [5.41, 5.74) is -0.201. The molecule has 0 aliphatic carbocycles. The molecule has 5 nitrogen and oxygen atoms in total. The molecule has 0 spiro atoms. The van der Waals surface area contributed by atoms with Gasteiger partial charge in [0, 0.05) is 25.8 Å². The van der Waals surface area contributed by atoms with Crippen LogP contribution in [0.25, 0.3) is 0 Å². The summed E-state index contributed by atoms with van der Waals surface area (Å²) >= 11 is 0. The zero-order valence-corrected chi connectivity index (χ0v) is 10.8. The van der Waals surface area contributed by atoms with E-state index < -0.39 is 5.60 Å². The lowest BCUT2D eigenvalue weighted by Gasteiger charge is -2.20. The van der Waals surface area contributed by atoms with Crippen molar-refractivity contribution < 1.29 is 9.90 Å². The molecule has 18 heavy (non-hydrogen) atoms. The number of aromatic nitrogens is 1. The zero-order valence-electron chi connectivity index (χ0n) is 10.8. The van der Waals surface area contributed by atoms with Crippen LogP contribution < -0.4 is 5.32 Å². The molecular weight excluding hydrogens is 230 g/mol. The monoisotopic (exact) mass is 249 g/mol. The van der Waals surface area contributed by atoms with Crippen LogP contribution in [0, 0.1) is 0 Å². The number of nitrogens with zero attached hydrogens (tertiary/aromatic N) is 2. The first kappa shape index (κ1) is 12.8. The summed E-state index contributed by atoms with van der Waals surface area (Å²) in [5, 5.41) is 13.0. The Balaban J connectivity index is 2.19.